The summed E-state index contributed by atoms with van der Waals surface area (Å²) in [6, 6.07) is 0. The van der Waals surface area contributed by atoms with E-state index in [9.17, 15) is 19.8 Å². The van der Waals surface area contributed by atoms with Gasteiger partial charge in [-0.05, 0) is 136 Å². The van der Waals surface area contributed by atoms with Gasteiger partial charge in [-0.1, -0.05) is 51.0 Å². The lowest BCUT2D eigenvalue weighted by molar-refractivity contribution is -0.132. The fraction of sp³-hybridized carbons (Fsp3) is 0.842. The van der Waals surface area contributed by atoms with Gasteiger partial charge in [-0.25, -0.2) is 0 Å². The Labute approximate surface area is 281 Å². The first kappa shape index (κ1) is 35.4. The maximum Gasteiger partial charge on any atom is 0.394 e. The lowest BCUT2D eigenvalue weighted by Crippen LogP contribution is -2.50. The van der Waals surface area contributed by atoms with Gasteiger partial charge in [0.05, 0.1) is 12.2 Å². The van der Waals surface area contributed by atoms with Crippen LogP contribution in [-0.2, 0) is 20.0 Å². The molecule has 8 aliphatic rings. The van der Waals surface area contributed by atoms with Crippen molar-refractivity contribution in [3.05, 3.63) is 23.3 Å². The van der Waals surface area contributed by atoms with Crippen LogP contribution in [0.15, 0.2) is 23.3 Å². The van der Waals surface area contributed by atoms with Gasteiger partial charge in [0, 0.05) is 23.7 Å². The average Bonchev–Trinajstić information content (AvgIpc) is 3.47. The lowest BCUT2D eigenvalue weighted by atomic mass is 9.48. The van der Waals surface area contributed by atoms with E-state index < -0.39 is 10.4 Å². The summed E-state index contributed by atoms with van der Waals surface area (Å²) in [5.41, 5.74) is 3.61. The first-order chi connectivity index (χ1) is 21.9. The van der Waals surface area contributed by atoms with Crippen LogP contribution < -0.4 is 0 Å². The van der Waals surface area contributed by atoms with E-state index in [2.05, 4.69) is 39.8 Å². The average molecular weight is 675 g/mol. The maximum absolute atomic E-state index is 12.4. The maximum atomic E-state index is 12.4. The summed E-state index contributed by atoms with van der Waals surface area (Å²) in [6.45, 7) is 9.38. The first-order valence-electron chi connectivity index (χ1n) is 18.4. The molecule has 47 heavy (non-hydrogen) atoms. The second kappa shape index (κ2) is 12.4. The number of carbonyl (C=O) groups is 2. The van der Waals surface area contributed by atoms with Crippen LogP contribution in [0, 0.1) is 57.2 Å². The molecule has 6 fully saturated rings. The van der Waals surface area contributed by atoms with Gasteiger partial charge >= 0.3 is 10.4 Å². The van der Waals surface area contributed by atoms with E-state index in [1.807, 2.05) is 0 Å². The van der Waals surface area contributed by atoms with Crippen molar-refractivity contribution in [3.63, 3.8) is 0 Å². The number of hydrogen-bond acceptors (Lipinski definition) is 6. The van der Waals surface area contributed by atoms with Crippen molar-refractivity contribution >= 4 is 22.0 Å². The van der Waals surface area contributed by atoms with E-state index in [1.165, 1.54) is 24.0 Å². The predicted octanol–water partition coefficient (Wildman–Crippen LogP) is 7.11. The molecule has 0 radical (unpaired) electrons. The van der Waals surface area contributed by atoms with Crippen LogP contribution in [0.25, 0.3) is 0 Å². The molecule has 8 aliphatic carbocycles. The molecule has 9 heteroatoms. The Hall–Kier alpha value is -1.39. The van der Waals surface area contributed by atoms with Crippen LogP contribution >= 0.6 is 0 Å². The van der Waals surface area contributed by atoms with Gasteiger partial charge in [0.25, 0.3) is 0 Å². The molecular weight excluding hydrogens is 616 g/mol. The number of aliphatic hydroxyl groups is 2. The van der Waals surface area contributed by atoms with E-state index in [1.54, 1.807) is 0 Å². The highest BCUT2D eigenvalue weighted by molar-refractivity contribution is 7.79. The summed E-state index contributed by atoms with van der Waals surface area (Å²) in [7, 11) is -4.67. The van der Waals surface area contributed by atoms with Gasteiger partial charge in [-0.2, -0.15) is 8.42 Å². The minimum absolute atomic E-state index is 0.0168. The normalized spacial score (nSPS) is 48.3. The Bertz CT molecular complexity index is 1330. The Kier molecular flexibility index (Phi) is 9.37. The van der Waals surface area contributed by atoms with Crippen molar-refractivity contribution < 1.29 is 37.3 Å². The van der Waals surface area contributed by atoms with Crippen molar-refractivity contribution in [1.82, 2.24) is 0 Å². The third-order valence-electron chi connectivity index (χ3n) is 15.6. The molecule has 0 unspecified atom stereocenters. The minimum atomic E-state index is -4.67. The van der Waals surface area contributed by atoms with Gasteiger partial charge in [-0.3, -0.25) is 18.7 Å². The zero-order valence-electron chi connectivity index (χ0n) is 28.9. The second-order valence-corrected chi connectivity index (χ2v) is 18.5. The molecule has 0 aromatic heterocycles. The standard InChI is InChI=1S/2C19H28O2.H2O4S/c2*1-18-9-7-13(20)11-12(18)3-4-14-15-5-6-17(21)19(15,2)10-8-16(14)18;1-5(2,3)4/h2*3,13-16,20H,4-11H2,1-2H3;(H2,1,2,3,4)/t2*13-,14-,15-,16-,18-,19-;/m00./s1. The second-order valence-electron chi connectivity index (χ2n) is 17.6. The molecule has 0 aliphatic heterocycles. The summed E-state index contributed by atoms with van der Waals surface area (Å²) < 4.78 is 31.6. The van der Waals surface area contributed by atoms with Crippen LogP contribution in [0.3, 0.4) is 0 Å². The van der Waals surface area contributed by atoms with Crippen molar-refractivity contribution in [1.29, 1.82) is 0 Å². The van der Waals surface area contributed by atoms with Gasteiger partial charge in [0.2, 0.25) is 0 Å². The molecule has 6 saturated carbocycles. The number of Topliss-reactive ketones (excluding diaryl/α,β-unsaturated/α-hetero) is 2. The third kappa shape index (κ3) is 6.17. The Morgan fingerprint density at radius 3 is 1.26 bits per heavy atom. The number of rotatable bonds is 0. The molecule has 0 heterocycles. The first-order valence-corrected chi connectivity index (χ1v) is 19.8. The number of aliphatic hydroxyl groups excluding tert-OH is 2. The zero-order valence-corrected chi connectivity index (χ0v) is 29.7. The Morgan fingerprint density at radius 2 is 0.894 bits per heavy atom. The molecule has 0 amide bonds. The minimum Gasteiger partial charge on any atom is -0.393 e. The number of fused-ring (bicyclic) bond motifs is 10. The van der Waals surface area contributed by atoms with Gasteiger partial charge in [0.1, 0.15) is 11.6 Å². The fourth-order valence-electron chi connectivity index (χ4n) is 12.8. The highest BCUT2D eigenvalue weighted by atomic mass is 32.3. The summed E-state index contributed by atoms with van der Waals surface area (Å²) >= 11 is 0. The summed E-state index contributed by atoms with van der Waals surface area (Å²) in [4.78, 5) is 24.7. The van der Waals surface area contributed by atoms with E-state index in [-0.39, 0.29) is 23.0 Å². The molecule has 12 atom stereocenters. The number of hydrogen-bond donors (Lipinski definition) is 4. The molecule has 8 nitrogen and oxygen atoms in total. The van der Waals surface area contributed by atoms with E-state index in [0.29, 0.717) is 46.1 Å². The quantitative estimate of drug-likeness (QED) is 0.157. The van der Waals surface area contributed by atoms with Gasteiger partial charge in [-0.15, -0.1) is 0 Å². The SMILES string of the molecule is C[C@]12CC[C@H](O)CC1=CC[C@@H]1[C@@H]2CC[C@]2(C)C(=O)CC[C@@H]12.C[C@]12CC[C@H](O)CC1=CC[C@@H]1[C@@H]2CC[C@]2(C)C(=O)CC[C@@H]12.O=S(=O)(O)O. The largest absolute Gasteiger partial charge is 0.394 e. The third-order valence-corrected chi connectivity index (χ3v) is 15.6. The number of ketones is 2. The molecule has 0 spiro atoms. The van der Waals surface area contributed by atoms with Crippen LogP contribution in [0.2, 0.25) is 0 Å². The predicted molar refractivity (Wildman–Crippen MR) is 180 cm³/mol. The number of carbonyl (C=O) groups excluding carboxylic acids is 2. The molecule has 0 aromatic rings. The van der Waals surface area contributed by atoms with Crippen LogP contribution in [-0.4, -0.2) is 51.5 Å². The van der Waals surface area contributed by atoms with Gasteiger partial charge in [0.15, 0.2) is 0 Å². The topological polar surface area (TPSA) is 149 Å². The summed E-state index contributed by atoms with van der Waals surface area (Å²) in [5.74, 6) is 5.20. The summed E-state index contributed by atoms with van der Waals surface area (Å²) in [6.07, 6.45) is 21.4. The smallest absolute Gasteiger partial charge is 0.393 e. The molecule has 8 rings (SSSR count). The van der Waals surface area contributed by atoms with Gasteiger partial charge < -0.3 is 10.2 Å². The molecule has 264 valence electrons. The highest BCUT2D eigenvalue weighted by Gasteiger charge is 2.60. The molecule has 4 N–H and O–H groups in total. The van der Waals surface area contributed by atoms with Crippen LogP contribution in [0.1, 0.15) is 130 Å². The van der Waals surface area contributed by atoms with Crippen LogP contribution in [0.5, 0.6) is 0 Å². The lowest BCUT2D eigenvalue weighted by Gasteiger charge is -2.56. The summed E-state index contributed by atoms with van der Waals surface area (Å²) in [5, 5.41) is 20.0. The van der Waals surface area contributed by atoms with Crippen molar-refractivity contribution in [2.24, 2.45) is 57.2 Å². The van der Waals surface area contributed by atoms with E-state index in [0.717, 1.165) is 102 Å². The highest BCUT2D eigenvalue weighted by Crippen LogP contribution is 2.65. The molecular formula is C38H58O8S. The molecule has 0 saturated heterocycles. The monoisotopic (exact) mass is 674 g/mol. The van der Waals surface area contributed by atoms with E-state index >= 15 is 0 Å². The fourth-order valence-corrected chi connectivity index (χ4v) is 12.8. The number of allylic oxidation sites excluding steroid dienone is 2. The van der Waals surface area contributed by atoms with Crippen molar-refractivity contribution in [2.75, 3.05) is 0 Å². The van der Waals surface area contributed by atoms with Crippen molar-refractivity contribution in [2.45, 2.75) is 143 Å². The molecule has 0 bridgehead atoms. The zero-order chi connectivity index (χ0) is 34.2. The van der Waals surface area contributed by atoms with Crippen LogP contribution in [0.4, 0.5) is 0 Å². The molecule has 0 aromatic carbocycles. The van der Waals surface area contributed by atoms with Crippen molar-refractivity contribution in [3.8, 4) is 0 Å². The van der Waals surface area contributed by atoms with E-state index in [4.69, 9.17) is 17.5 Å². The Balaban J connectivity index is 0.000000144. The Morgan fingerprint density at radius 1 is 0.574 bits per heavy atom.